The van der Waals surface area contributed by atoms with E-state index >= 15 is 0 Å². The summed E-state index contributed by atoms with van der Waals surface area (Å²) in [4.78, 5) is 28.4. The highest BCUT2D eigenvalue weighted by atomic mass is 35.5. The Morgan fingerprint density at radius 1 is 1.07 bits per heavy atom. The molecule has 3 N–H and O–H groups in total. The average molecular weight is 428 g/mol. The normalized spacial score (nSPS) is 10.5. The lowest BCUT2D eigenvalue weighted by Gasteiger charge is -2.06. The molecule has 0 radical (unpaired) electrons. The standard InChI is InChI=1S/C21H22ClN5O3/c1-30-17-10-6-14(7-11-17)20-25-18(26-27-20)13-24-19(28)3-2-12-23-21(29)15-4-8-16(22)9-5-15/h4-11H,2-3,12-13H2,1H3,(H,23,29)(H,24,28)(H,25,26,27). The average Bonchev–Trinajstić information content (AvgIpc) is 3.25. The van der Waals surface area contributed by atoms with E-state index in [2.05, 4.69) is 25.8 Å². The molecule has 30 heavy (non-hydrogen) atoms. The molecule has 1 heterocycles. The summed E-state index contributed by atoms with van der Waals surface area (Å²) >= 11 is 5.80. The third-order valence-corrected chi connectivity index (χ3v) is 4.56. The van der Waals surface area contributed by atoms with Crippen molar-refractivity contribution in [3.63, 3.8) is 0 Å². The first-order valence-corrected chi connectivity index (χ1v) is 9.79. The molecule has 0 atom stereocenters. The molecule has 1 aromatic heterocycles. The highest BCUT2D eigenvalue weighted by molar-refractivity contribution is 6.30. The van der Waals surface area contributed by atoms with Gasteiger partial charge in [-0.3, -0.25) is 14.7 Å². The van der Waals surface area contributed by atoms with Crippen molar-refractivity contribution in [1.29, 1.82) is 0 Å². The lowest BCUT2D eigenvalue weighted by Crippen LogP contribution is -2.27. The molecule has 3 rings (SSSR count). The number of carbonyl (C=O) groups is 2. The summed E-state index contributed by atoms with van der Waals surface area (Å²) in [5.74, 6) is 1.54. The van der Waals surface area contributed by atoms with Crippen LogP contribution in [0.5, 0.6) is 5.75 Å². The second-order valence-electron chi connectivity index (χ2n) is 6.48. The number of nitrogens with zero attached hydrogens (tertiary/aromatic N) is 2. The van der Waals surface area contributed by atoms with Gasteiger partial charge < -0.3 is 15.4 Å². The van der Waals surface area contributed by atoms with Crippen LogP contribution in [0.15, 0.2) is 48.5 Å². The third kappa shape index (κ3) is 6.05. The zero-order valence-electron chi connectivity index (χ0n) is 16.4. The number of aromatic amines is 1. The molecule has 0 unspecified atom stereocenters. The number of hydrogen-bond donors (Lipinski definition) is 3. The summed E-state index contributed by atoms with van der Waals surface area (Å²) in [5, 5.41) is 13.1. The van der Waals surface area contributed by atoms with E-state index in [-0.39, 0.29) is 18.4 Å². The van der Waals surface area contributed by atoms with Crippen LogP contribution >= 0.6 is 11.6 Å². The SMILES string of the molecule is COc1ccc(-c2n[nH]c(CNC(=O)CCCNC(=O)c3ccc(Cl)cc3)n2)cc1. The summed E-state index contributed by atoms with van der Waals surface area (Å²) in [5.41, 5.74) is 1.38. The minimum absolute atomic E-state index is 0.127. The lowest BCUT2D eigenvalue weighted by molar-refractivity contribution is -0.121. The van der Waals surface area contributed by atoms with Gasteiger partial charge in [-0.25, -0.2) is 4.98 Å². The number of H-pyrrole nitrogens is 1. The number of carbonyl (C=O) groups excluding carboxylic acids is 2. The predicted molar refractivity (Wildman–Crippen MR) is 113 cm³/mol. The number of hydrogen-bond acceptors (Lipinski definition) is 5. The highest BCUT2D eigenvalue weighted by Crippen LogP contribution is 2.18. The molecule has 0 aliphatic rings. The van der Waals surface area contributed by atoms with Crippen LogP contribution in [0.4, 0.5) is 0 Å². The minimum Gasteiger partial charge on any atom is -0.497 e. The molecule has 0 saturated carbocycles. The fraction of sp³-hybridized carbons (Fsp3) is 0.238. The molecule has 8 nitrogen and oxygen atoms in total. The molecule has 0 bridgehead atoms. The van der Waals surface area contributed by atoms with Crippen LogP contribution in [-0.2, 0) is 11.3 Å². The Bertz CT molecular complexity index is 987. The van der Waals surface area contributed by atoms with Crippen LogP contribution in [0.25, 0.3) is 11.4 Å². The van der Waals surface area contributed by atoms with Gasteiger partial charge in [0, 0.05) is 29.1 Å². The van der Waals surface area contributed by atoms with E-state index in [0.717, 1.165) is 11.3 Å². The van der Waals surface area contributed by atoms with E-state index in [0.29, 0.717) is 41.6 Å². The van der Waals surface area contributed by atoms with Gasteiger partial charge in [-0.1, -0.05) is 11.6 Å². The van der Waals surface area contributed by atoms with Gasteiger partial charge in [-0.2, -0.15) is 5.10 Å². The zero-order valence-corrected chi connectivity index (χ0v) is 17.2. The Morgan fingerprint density at radius 3 is 2.50 bits per heavy atom. The first-order chi connectivity index (χ1) is 14.5. The molecule has 0 aliphatic heterocycles. The lowest BCUT2D eigenvalue weighted by atomic mass is 10.2. The van der Waals surface area contributed by atoms with Crippen molar-refractivity contribution in [2.24, 2.45) is 0 Å². The molecule has 156 valence electrons. The van der Waals surface area contributed by atoms with E-state index in [1.807, 2.05) is 24.3 Å². The largest absolute Gasteiger partial charge is 0.497 e. The summed E-state index contributed by atoms with van der Waals surface area (Å²) in [6.45, 7) is 0.651. The van der Waals surface area contributed by atoms with Gasteiger partial charge in [0.1, 0.15) is 11.6 Å². The van der Waals surface area contributed by atoms with Crippen LogP contribution in [-0.4, -0.2) is 40.7 Å². The Balaban J connectivity index is 1.37. The molecule has 9 heteroatoms. The van der Waals surface area contributed by atoms with Gasteiger partial charge in [0.15, 0.2) is 5.82 Å². The maximum absolute atomic E-state index is 12.0. The number of amides is 2. The van der Waals surface area contributed by atoms with Crippen LogP contribution in [0.2, 0.25) is 5.02 Å². The first-order valence-electron chi connectivity index (χ1n) is 9.41. The smallest absolute Gasteiger partial charge is 0.251 e. The first kappa shape index (κ1) is 21.3. The van der Waals surface area contributed by atoms with Crippen LogP contribution < -0.4 is 15.4 Å². The van der Waals surface area contributed by atoms with Crippen molar-refractivity contribution >= 4 is 23.4 Å². The number of ether oxygens (including phenoxy) is 1. The molecular formula is C21H22ClN5O3. The maximum Gasteiger partial charge on any atom is 0.251 e. The summed E-state index contributed by atoms with van der Waals surface area (Å²) < 4.78 is 5.13. The second-order valence-corrected chi connectivity index (χ2v) is 6.91. The Kier molecular flexibility index (Phi) is 7.40. The van der Waals surface area contributed by atoms with Gasteiger partial charge in [-0.05, 0) is 55.0 Å². The van der Waals surface area contributed by atoms with Gasteiger partial charge in [0.2, 0.25) is 5.91 Å². The Morgan fingerprint density at radius 2 is 1.80 bits per heavy atom. The van der Waals surface area contributed by atoms with Crippen molar-refractivity contribution in [1.82, 2.24) is 25.8 Å². The number of halogens is 1. The van der Waals surface area contributed by atoms with Crippen molar-refractivity contribution < 1.29 is 14.3 Å². The summed E-state index contributed by atoms with van der Waals surface area (Å²) in [6, 6.07) is 14.0. The zero-order chi connectivity index (χ0) is 21.3. The van der Waals surface area contributed by atoms with Gasteiger partial charge in [-0.15, -0.1) is 0 Å². The Hall–Kier alpha value is -3.39. The van der Waals surface area contributed by atoms with Crippen molar-refractivity contribution in [2.45, 2.75) is 19.4 Å². The number of benzene rings is 2. The summed E-state index contributed by atoms with van der Waals surface area (Å²) in [6.07, 6.45) is 0.818. The number of rotatable bonds is 9. The van der Waals surface area contributed by atoms with E-state index in [1.54, 1.807) is 31.4 Å². The molecule has 0 saturated heterocycles. The quantitative estimate of drug-likeness (QED) is 0.455. The minimum atomic E-state index is -0.195. The van der Waals surface area contributed by atoms with Crippen molar-refractivity contribution in [3.8, 4) is 17.1 Å². The molecule has 0 fully saturated rings. The van der Waals surface area contributed by atoms with Gasteiger partial charge in [0.05, 0.1) is 13.7 Å². The maximum atomic E-state index is 12.0. The van der Waals surface area contributed by atoms with E-state index in [9.17, 15) is 9.59 Å². The van der Waals surface area contributed by atoms with E-state index < -0.39 is 0 Å². The molecule has 0 aliphatic carbocycles. The third-order valence-electron chi connectivity index (χ3n) is 4.31. The molecular weight excluding hydrogens is 406 g/mol. The fourth-order valence-electron chi connectivity index (χ4n) is 2.67. The molecule has 3 aromatic rings. The summed E-state index contributed by atoms with van der Waals surface area (Å²) in [7, 11) is 1.61. The van der Waals surface area contributed by atoms with Crippen LogP contribution in [0.1, 0.15) is 29.0 Å². The monoisotopic (exact) mass is 427 g/mol. The van der Waals surface area contributed by atoms with Crippen molar-refractivity contribution in [2.75, 3.05) is 13.7 Å². The highest BCUT2D eigenvalue weighted by Gasteiger charge is 2.09. The van der Waals surface area contributed by atoms with Crippen LogP contribution in [0, 0.1) is 0 Å². The second kappa shape index (κ2) is 10.4. The van der Waals surface area contributed by atoms with Gasteiger partial charge >= 0.3 is 0 Å². The predicted octanol–water partition coefficient (Wildman–Crippen LogP) is 2.96. The molecule has 2 amide bonds. The van der Waals surface area contributed by atoms with Gasteiger partial charge in [0.25, 0.3) is 5.91 Å². The number of nitrogens with one attached hydrogen (secondary N) is 3. The van der Waals surface area contributed by atoms with E-state index in [4.69, 9.17) is 16.3 Å². The van der Waals surface area contributed by atoms with Crippen LogP contribution in [0.3, 0.4) is 0 Å². The topological polar surface area (TPSA) is 109 Å². The molecule has 0 spiro atoms. The van der Waals surface area contributed by atoms with E-state index in [1.165, 1.54) is 0 Å². The Labute approximate surface area is 179 Å². The fourth-order valence-corrected chi connectivity index (χ4v) is 2.79. The van der Waals surface area contributed by atoms with Crippen molar-refractivity contribution in [3.05, 3.63) is 64.9 Å². The molecule has 2 aromatic carbocycles. The number of methoxy groups -OCH3 is 1. The number of aromatic nitrogens is 3.